The minimum absolute atomic E-state index is 0.189. The number of halogens is 3. The SMILES string of the molecule is CCOC(=O)Cc1csc(Nc2c(Br)cc(Br)cc2Br)n1. The summed E-state index contributed by atoms with van der Waals surface area (Å²) in [4.78, 5) is 15.8. The van der Waals surface area contributed by atoms with Gasteiger partial charge in [-0.15, -0.1) is 11.3 Å². The van der Waals surface area contributed by atoms with Crippen molar-refractivity contribution in [3.8, 4) is 0 Å². The molecule has 1 N–H and O–H groups in total. The van der Waals surface area contributed by atoms with E-state index >= 15 is 0 Å². The van der Waals surface area contributed by atoms with Crippen molar-refractivity contribution in [3.05, 3.63) is 36.6 Å². The second kappa shape index (κ2) is 7.71. The average molecular weight is 499 g/mol. The van der Waals surface area contributed by atoms with Crippen molar-refractivity contribution >= 4 is 75.9 Å². The van der Waals surface area contributed by atoms with Gasteiger partial charge in [-0.05, 0) is 50.9 Å². The zero-order chi connectivity index (χ0) is 15.4. The predicted octanol–water partition coefficient (Wildman–Crippen LogP) is 5.28. The number of carbonyl (C=O) groups is 1. The van der Waals surface area contributed by atoms with Crippen molar-refractivity contribution in [2.75, 3.05) is 11.9 Å². The number of carbonyl (C=O) groups excluding carboxylic acids is 1. The van der Waals surface area contributed by atoms with E-state index in [1.54, 1.807) is 6.92 Å². The maximum Gasteiger partial charge on any atom is 0.311 e. The Balaban J connectivity index is 2.11. The first-order valence-corrected chi connectivity index (χ1v) is 9.27. The number of hydrogen-bond donors (Lipinski definition) is 1. The van der Waals surface area contributed by atoms with E-state index in [9.17, 15) is 4.79 Å². The highest BCUT2D eigenvalue weighted by Gasteiger charge is 2.11. The summed E-state index contributed by atoms with van der Waals surface area (Å²) >= 11 is 11.9. The van der Waals surface area contributed by atoms with Gasteiger partial charge in [0.15, 0.2) is 5.13 Å². The van der Waals surface area contributed by atoms with E-state index in [2.05, 4.69) is 58.1 Å². The van der Waals surface area contributed by atoms with Crippen molar-refractivity contribution in [2.24, 2.45) is 0 Å². The summed E-state index contributed by atoms with van der Waals surface area (Å²) in [7, 11) is 0. The number of anilines is 2. The fourth-order valence-corrected chi connectivity index (χ4v) is 4.75. The summed E-state index contributed by atoms with van der Waals surface area (Å²) in [5.41, 5.74) is 1.58. The Bertz CT molecular complexity index is 638. The van der Waals surface area contributed by atoms with Gasteiger partial charge >= 0.3 is 5.97 Å². The second-order valence-electron chi connectivity index (χ2n) is 4.00. The van der Waals surface area contributed by atoms with Gasteiger partial charge < -0.3 is 10.1 Å². The van der Waals surface area contributed by atoms with Crippen LogP contribution in [0.5, 0.6) is 0 Å². The van der Waals surface area contributed by atoms with Crippen LogP contribution < -0.4 is 5.32 Å². The van der Waals surface area contributed by atoms with Gasteiger partial charge in [-0.2, -0.15) is 0 Å². The minimum atomic E-state index is -0.264. The number of ether oxygens (including phenoxy) is 1. The van der Waals surface area contributed by atoms with Crippen LogP contribution in [0.25, 0.3) is 0 Å². The molecule has 0 aliphatic rings. The van der Waals surface area contributed by atoms with Gasteiger partial charge in [0.05, 0.1) is 24.4 Å². The molecule has 4 nitrogen and oxygen atoms in total. The van der Waals surface area contributed by atoms with E-state index in [0.717, 1.165) is 24.2 Å². The maximum atomic E-state index is 11.4. The van der Waals surface area contributed by atoms with Crippen molar-refractivity contribution in [1.29, 1.82) is 0 Å². The van der Waals surface area contributed by atoms with Crippen molar-refractivity contribution < 1.29 is 9.53 Å². The van der Waals surface area contributed by atoms with Crippen LogP contribution in [0.1, 0.15) is 12.6 Å². The first kappa shape index (κ1) is 16.9. The molecule has 0 radical (unpaired) electrons. The third-order valence-electron chi connectivity index (χ3n) is 2.42. The molecule has 0 saturated carbocycles. The second-order valence-corrected chi connectivity index (χ2v) is 7.48. The normalized spacial score (nSPS) is 10.5. The molecule has 0 bridgehead atoms. The molecule has 21 heavy (non-hydrogen) atoms. The summed E-state index contributed by atoms with van der Waals surface area (Å²) < 4.78 is 7.69. The molecule has 2 rings (SSSR count). The van der Waals surface area contributed by atoms with Crippen LogP contribution in [0, 0.1) is 0 Å². The standard InChI is InChI=1S/C13H11Br3N2O2S/c1-2-20-11(19)5-8-6-21-13(17-8)18-12-9(15)3-7(14)4-10(12)16/h3-4,6H,2,5H2,1H3,(H,17,18). The molecular formula is C13H11Br3N2O2S. The van der Waals surface area contributed by atoms with Gasteiger partial charge in [-0.1, -0.05) is 15.9 Å². The summed E-state index contributed by atoms with van der Waals surface area (Å²) in [6.45, 7) is 2.17. The highest BCUT2D eigenvalue weighted by atomic mass is 79.9. The molecule has 1 aromatic heterocycles. The van der Waals surface area contributed by atoms with Gasteiger partial charge in [0.25, 0.3) is 0 Å². The fraction of sp³-hybridized carbons (Fsp3) is 0.231. The third-order valence-corrected chi connectivity index (χ3v) is 4.94. The van der Waals surface area contributed by atoms with Gasteiger partial charge in [0.1, 0.15) is 0 Å². The molecule has 0 aliphatic heterocycles. The number of hydrogen-bond acceptors (Lipinski definition) is 5. The summed E-state index contributed by atoms with van der Waals surface area (Å²) in [6.07, 6.45) is 0.189. The monoisotopic (exact) mass is 496 g/mol. The molecule has 0 amide bonds. The number of thiazole rings is 1. The molecule has 1 aromatic carbocycles. The molecule has 0 fully saturated rings. The molecule has 112 valence electrons. The molecular weight excluding hydrogens is 488 g/mol. The highest BCUT2D eigenvalue weighted by Crippen LogP contribution is 2.36. The topological polar surface area (TPSA) is 51.2 Å². The lowest BCUT2D eigenvalue weighted by atomic mass is 10.3. The fourth-order valence-electron chi connectivity index (χ4n) is 1.57. The summed E-state index contributed by atoms with van der Waals surface area (Å²) in [6, 6.07) is 3.89. The quantitative estimate of drug-likeness (QED) is 0.570. The molecule has 0 saturated heterocycles. The average Bonchev–Trinajstić information content (AvgIpc) is 2.81. The lowest BCUT2D eigenvalue weighted by molar-refractivity contribution is -0.142. The minimum Gasteiger partial charge on any atom is -0.466 e. The third kappa shape index (κ3) is 4.77. The Labute approximate surface area is 151 Å². The van der Waals surface area contributed by atoms with Crippen LogP contribution >= 0.6 is 59.1 Å². The van der Waals surface area contributed by atoms with Crippen LogP contribution in [-0.2, 0) is 16.0 Å². The smallest absolute Gasteiger partial charge is 0.311 e. The molecule has 2 aromatic rings. The first-order valence-electron chi connectivity index (χ1n) is 6.01. The summed E-state index contributed by atoms with van der Waals surface area (Å²) in [5.74, 6) is -0.264. The molecule has 0 aliphatic carbocycles. The molecule has 1 heterocycles. The van der Waals surface area contributed by atoms with Gasteiger partial charge in [-0.3, -0.25) is 4.79 Å². The Morgan fingerprint density at radius 3 is 2.62 bits per heavy atom. The van der Waals surface area contributed by atoms with E-state index in [0.29, 0.717) is 12.3 Å². The number of nitrogens with zero attached hydrogens (tertiary/aromatic N) is 1. The number of nitrogens with one attached hydrogen (secondary N) is 1. The van der Waals surface area contributed by atoms with E-state index in [-0.39, 0.29) is 12.4 Å². The van der Waals surface area contributed by atoms with Crippen LogP contribution in [0.4, 0.5) is 10.8 Å². The summed E-state index contributed by atoms with van der Waals surface area (Å²) in [5, 5.41) is 5.80. The Morgan fingerprint density at radius 1 is 1.33 bits per heavy atom. The van der Waals surface area contributed by atoms with Crippen molar-refractivity contribution in [3.63, 3.8) is 0 Å². The predicted molar refractivity (Wildman–Crippen MR) is 95.3 cm³/mol. The van der Waals surface area contributed by atoms with Gasteiger partial charge in [0, 0.05) is 18.8 Å². The van der Waals surface area contributed by atoms with Gasteiger partial charge in [0.2, 0.25) is 0 Å². The zero-order valence-corrected chi connectivity index (χ0v) is 16.5. The molecule has 0 atom stereocenters. The maximum absolute atomic E-state index is 11.4. The van der Waals surface area contributed by atoms with E-state index < -0.39 is 0 Å². The number of rotatable bonds is 5. The zero-order valence-electron chi connectivity index (χ0n) is 11.0. The van der Waals surface area contributed by atoms with Crippen LogP contribution in [0.15, 0.2) is 30.9 Å². The lowest BCUT2D eigenvalue weighted by Gasteiger charge is -2.08. The first-order chi connectivity index (χ1) is 9.99. The van der Waals surface area contributed by atoms with E-state index in [1.807, 2.05) is 17.5 Å². The van der Waals surface area contributed by atoms with Gasteiger partial charge in [-0.25, -0.2) is 4.98 Å². The molecule has 8 heteroatoms. The highest BCUT2D eigenvalue weighted by molar-refractivity contribution is 9.11. The lowest BCUT2D eigenvalue weighted by Crippen LogP contribution is -2.07. The number of benzene rings is 1. The molecule has 0 unspecified atom stereocenters. The Hall–Kier alpha value is -0.440. The Kier molecular flexibility index (Phi) is 6.21. The number of esters is 1. The largest absolute Gasteiger partial charge is 0.466 e. The van der Waals surface area contributed by atoms with E-state index in [1.165, 1.54) is 11.3 Å². The van der Waals surface area contributed by atoms with Crippen LogP contribution in [0.2, 0.25) is 0 Å². The van der Waals surface area contributed by atoms with Crippen LogP contribution in [-0.4, -0.2) is 17.6 Å². The van der Waals surface area contributed by atoms with Crippen molar-refractivity contribution in [1.82, 2.24) is 4.98 Å². The Morgan fingerprint density at radius 2 is 2.00 bits per heavy atom. The van der Waals surface area contributed by atoms with Crippen LogP contribution in [0.3, 0.4) is 0 Å². The number of aromatic nitrogens is 1. The van der Waals surface area contributed by atoms with Crippen molar-refractivity contribution in [2.45, 2.75) is 13.3 Å². The molecule has 0 spiro atoms. The van der Waals surface area contributed by atoms with E-state index in [4.69, 9.17) is 4.74 Å².